The third kappa shape index (κ3) is 1.45. The van der Waals surface area contributed by atoms with Crippen molar-refractivity contribution in [2.75, 3.05) is 0 Å². The highest BCUT2D eigenvalue weighted by Crippen LogP contribution is 2.37. The molecule has 0 bridgehead atoms. The molecule has 1 heterocycles. The standard InChI is InChI=1S/C10H10O3/c1-2-3-10-12-8-5-4-7(11)6-9(8)13-10/h2,4-6,10-11H,1,3H2. The third-order valence-electron chi connectivity index (χ3n) is 1.80. The molecule has 0 saturated carbocycles. The average Bonchev–Trinajstić information content (AvgIpc) is 2.46. The lowest BCUT2D eigenvalue weighted by atomic mass is 10.3. The summed E-state index contributed by atoms with van der Waals surface area (Å²) in [7, 11) is 0. The van der Waals surface area contributed by atoms with Crippen molar-refractivity contribution in [3.05, 3.63) is 30.9 Å². The molecule has 0 radical (unpaired) electrons. The third-order valence-corrected chi connectivity index (χ3v) is 1.80. The van der Waals surface area contributed by atoms with Crippen LogP contribution in [0.1, 0.15) is 6.42 Å². The van der Waals surface area contributed by atoms with Gasteiger partial charge in [-0.1, -0.05) is 6.08 Å². The largest absolute Gasteiger partial charge is 0.508 e. The Kier molecular flexibility index (Phi) is 1.85. The van der Waals surface area contributed by atoms with Crippen LogP contribution >= 0.6 is 0 Å². The first-order valence-corrected chi connectivity index (χ1v) is 4.07. The molecule has 68 valence electrons. The van der Waals surface area contributed by atoms with Gasteiger partial charge in [0.1, 0.15) is 5.75 Å². The lowest BCUT2D eigenvalue weighted by molar-refractivity contribution is 0.0527. The van der Waals surface area contributed by atoms with Crippen molar-refractivity contribution in [2.24, 2.45) is 0 Å². The summed E-state index contributed by atoms with van der Waals surface area (Å²) in [5, 5.41) is 9.16. The summed E-state index contributed by atoms with van der Waals surface area (Å²) in [6, 6.07) is 4.80. The zero-order valence-corrected chi connectivity index (χ0v) is 7.06. The van der Waals surface area contributed by atoms with Crippen LogP contribution in [0.3, 0.4) is 0 Å². The van der Waals surface area contributed by atoms with E-state index in [1.807, 2.05) is 0 Å². The van der Waals surface area contributed by atoms with Crippen molar-refractivity contribution in [3.8, 4) is 17.2 Å². The predicted molar refractivity (Wildman–Crippen MR) is 48.0 cm³/mol. The summed E-state index contributed by atoms with van der Waals surface area (Å²) >= 11 is 0. The molecule has 3 heteroatoms. The summed E-state index contributed by atoms with van der Waals surface area (Å²) in [5.41, 5.74) is 0. The molecule has 1 aromatic carbocycles. The van der Waals surface area contributed by atoms with Crippen LogP contribution in [-0.2, 0) is 0 Å². The van der Waals surface area contributed by atoms with Crippen LogP contribution in [0.4, 0.5) is 0 Å². The number of phenolic OH excluding ortho intramolecular Hbond substituents is 1. The van der Waals surface area contributed by atoms with E-state index in [2.05, 4.69) is 6.58 Å². The monoisotopic (exact) mass is 178 g/mol. The highest BCUT2D eigenvalue weighted by molar-refractivity contribution is 5.46. The Hall–Kier alpha value is -1.64. The number of rotatable bonds is 2. The van der Waals surface area contributed by atoms with Gasteiger partial charge in [-0.15, -0.1) is 6.58 Å². The van der Waals surface area contributed by atoms with Crippen molar-refractivity contribution in [1.29, 1.82) is 0 Å². The fraction of sp³-hybridized carbons (Fsp3) is 0.200. The Morgan fingerprint density at radius 1 is 1.38 bits per heavy atom. The fourth-order valence-electron chi connectivity index (χ4n) is 1.23. The molecule has 1 unspecified atom stereocenters. The number of aromatic hydroxyl groups is 1. The Balaban J connectivity index is 2.20. The summed E-state index contributed by atoms with van der Waals surface area (Å²) in [6.45, 7) is 3.60. The molecule has 1 aliphatic rings. The van der Waals surface area contributed by atoms with Gasteiger partial charge in [0.05, 0.1) is 0 Å². The number of benzene rings is 1. The lowest BCUT2D eigenvalue weighted by Crippen LogP contribution is -2.16. The minimum atomic E-state index is -0.297. The smallest absolute Gasteiger partial charge is 0.244 e. The molecular weight excluding hydrogens is 168 g/mol. The maximum absolute atomic E-state index is 9.16. The van der Waals surface area contributed by atoms with Crippen LogP contribution in [0.2, 0.25) is 0 Å². The summed E-state index contributed by atoms with van der Waals surface area (Å²) in [5.74, 6) is 1.44. The number of phenols is 1. The maximum Gasteiger partial charge on any atom is 0.244 e. The summed E-state index contributed by atoms with van der Waals surface area (Å²) in [4.78, 5) is 0. The predicted octanol–water partition coefficient (Wildman–Crippen LogP) is 2.07. The first-order chi connectivity index (χ1) is 6.29. The van der Waals surface area contributed by atoms with E-state index in [1.165, 1.54) is 0 Å². The van der Waals surface area contributed by atoms with Gasteiger partial charge in [0.2, 0.25) is 6.29 Å². The molecule has 1 atom stereocenters. The highest BCUT2D eigenvalue weighted by Gasteiger charge is 2.22. The minimum Gasteiger partial charge on any atom is -0.508 e. The molecule has 0 aromatic heterocycles. The van der Waals surface area contributed by atoms with E-state index in [0.717, 1.165) is 0 Å². The van der Waals surface area contributed by atoms with Crippen LogP contribution in [0.5, 0.6) is 17.2 Å². The van der Waals surface area contributed by atoms with Gasteiger partial charge < -0.3 is 14.6 Å². The van der Waals surface area contributed by atoms with E-state index < -0.39 is 0 Å². The first kappa shape index (κ1) is 7.98. The van der Waals surface area contributed by atoms with Gasteiger partial charge in [-0.2, -0.15) is 0 Å². The van der Waals surface area contributed by atoms with Crippen molar-refractivity contribution in [3.63, 3.8) is 0 Å². The summed E-state index contributed by atoms with van der Waals surface area (Å²) < 4.78 is 10.8. The van der Waals surface area contributed by atoms with E-state index in [0.29, 0.717) is 17.9 Å². The van der Waals surface area contributed by atoms with Crippen LogP contribution < -0.4 is 9.47 Å². The van der Waals surface area contributed by atoms with Gasteiger partial charge in [-0.25, -0.2) is 0 Å². The number of hydrogen-bond acceptors (Lipinski definition) is 3. The molecule has 2 rings (SSSR count). The SMILES string of the molecule is C=CCC1Oc2ccc(O)cc2O1. The van der Waals surface area contributed by atoms with Crippen molar-refractivity contribution in [1.82, 2.24) is 0 Å². The second-order valence-corrected chi connectivity index (χ2v) is 2.82. The van der Waals surface area contributed by atoms with E-state index >= 15 is 0 Å². The van der Waals surface area contributed by atoms with Crippen molar-refractivity contribution >= 4 is 0 Å². The van der Waals surface area contributed by atoms with Gasteiger partial charge in [0, 0.05) is 12.5 Å². The number of ether oxygens (including phenoxy) is 2. The van der Waals surface area contributed by atoms with Crippen molar-refractivity contribution in [2.45, 2.75) is 12.7 Å². The molecule has 13 heavy (non-hydrogen) atoms. The van der Waals surface area contributed by atoms with Crippen LogP contribution in [0, 0.1) is 0 Å². The molecule has 0 aliphatic carbocycles. The van der Waals surface area contributed by atoms with Gasteiger partial charge in [-0.05, 0) is 12.1 Å². The number of hydrogen-bond donors (Lipinski definition) is 1. The average molecular weight is 178 g/mol. The molecule has 0 saturated heterocycles. The fourth-order valence-corrected chi connectivity index (χ4v) is 1.23. The zero-order chi connectivity index (χ0) is 9.26. The van der Waals surface area contributed by atoms with E-state index in [1.54, 1.807) is 24.3 Å². The molecular formula is C10H10O3. The van der Waals surface area contributed by atoms with Gasteiger partial charge in [0.25, 0.3) is 0 Å². The van der Waals surface area contributed by atoms with Gasteiger partial charge >= 0.3 is 0 Å². The van der Waals surface area contributed by atoms with Crippen LogP contribution in [-0.4, -0.2) is 11.4 Å². The van der Waals surface area contributed by atoms with Gasteiger partial charge in [0.15, 0.2) is 11.5 Å². The Labute approximate surface area is 76.2 Å². The Morgan fingerprint density at radius 3 is 2.92 bits per heavy atom. The quantitative estimate of drug-likeness (QED) is 0.704. The second kappa shape index (κ2) is 3.01. The Bertz CT molecular complexity index is 333. The lowest BCUT2D eigenvalue weighted by Gasteiger charge is -2.05. The Morgan fingerprint density at radius 2 is 2.15 bits per heavy atom. The topological polar surface area (TPSA) is 38.7 Å². The molecule has 0 fully saturated rings. The molecule has 0 spiro atoms. The molecule has 1 N–H and O–H groups in total. The van der Waals surface area contributed by atoms with E-state index in [9.17, 15) is 0 Å². The normalized spacial score (nSPS) is 18.6. The second-order valence-electron chi connectivity index (χ2n) is 2.82. The molecule has 0 amide bonds. The highest BCUT2D eigenvalue weighted by atomic mass is 16.7. The molecule has 1 aromatic rings. The van der Waals surface area contributed by atoms with E-state index in [4.69, 9.17) is 14.6 Å². The van der Waals surface area contributed by atoms with Crippen LogP contribution in [0.25, 0.3) is 0 Å². The minimum absolute atomic E-state index is 0.182. The van der Waals surface area contributed by atoms with Crippen LogP contribution in [0.15, 0.2) is 30.9 Å². The first-order valence-electron chi connectivity index (χ1n) is 4.07. The van der Waals surface area contributed by atoms with Gasteiger partial charge in [-0.3, -0.25) is 0 Å². The molecule has 3 nitrogen and oxygen atoms in total. The summed E-state index contributed by atoms with van der Waals surface area (Å²) in [6.07, 6.45) is 2.07. The number of fused-ring (bicyclic) bond motifs is 1. The van der Waals surface area contributed by atoms with E-state index in [-0.39, 0.29) is 12.0 Å². The maximum atomic E-state index is 9.16. The zero-order valence-electron chi connectivity index (χ0n) is 7.06. The van der Waals surface area contributed by atoms with Crippen molar-refractivity contribution < 1.29 is 14.6 Å². The molecule has 1 aliphatic heterocycles.